The Morgan fingerprint density at radius 2 is 1.95 bits per heavy atom. The maximum absolute atomic E-state index is 13.6. The zero-order valence-corrected chi connectivity index (χ0v) is 12.4. The molecule has 0 radical (unpaired) electrons. The maximum Gasteiger partial charge on any atom is 0.241 e. The third-order valence-corrected chi connectivity index (χ3v) is 3.56. The molecule has 3 atom stereocenters. The fourth-order valence-electron chi connectivity index (χ4n) is 2.53. The number of hydrogen-bond acceptors (Lipinski definition) is 3. The van der Waals surface area contributed by atoms with Gasteiger partial charge >= 0.3 is 0 Å². The SMILES string of the molecule is C[C@H]1CN([C@@H](C)C(=O)Nc2ccc(F)cc2F)C[C@H](C)O1. The van der Waals surface area contributed by atoms with E-state index in [0.29, 0.717) is 13.1 Å². The first-order chi connectivity index (χ1) is 9.86. The first-order valence-corrected chi connectivity index (χ1v) is 7.02. The molecule has 1 amide bonds. The number of nitrogens with zero attached hydrogens (tertiary/aromatic N) is 1. The van der Waals surface area contributed by atoms with Crippen LogP contribution < -0.4 is 5.32 Å². The number of anilines is 1. The Morgan fingerprint density at radius 3 is 2.52 bits per heavy atom. The van der Waals surface area contributed by atoms with Crippen molar-refractivity contribution in [2.45, 2.75) is 39.0 Å². The predicted molar refractivity (Wildman–Crippen MR) is 76.0 cm³/mol. The second-order valence-corrected chi connectivity index (χ2v) is 5.50. The third-order valence-electron chi connectivity index (χ3n) is 3.56. The van der Waals surface area contributed by atoms with Crippen molar-refractivity contribution in [2.75, 3.05) is 18.4 Å². The Bertz CT molecular complexity index is 514. The topological polar surface area (TPSA) is 41.6 Å². The first-order valence-electron chi connectivity index (χ1n) is 7.02. The van der Waals surface area contributed by atoms with Crippen LogP contribution in [-0.2, 0) is 9.53 Å². The Balaban J connectivity index is 2.02. The molecule has 0 saturated carbocycles. The summed E-state index contributed by atoms with van der Waals surface area (Å²) in [6, 6.07) is 2.67. The summed E-state index contributed by atoms with van der Waals surface area (Å²) in [5.41, 5.74) is -0.0115. The monoisotopic (exact) mass is 298 g/mol. The second-order valence-electron chi connectivity index (χ2n) is 5.50. The van der Waals surface area contributed by atoms with Crippen LogP contribution in [0.5, 0.6) is 0 Å². The summed E-state index contributed by atoms with van der Waals surface area (Å²) in [5, 5.41) is 2.50. The van der Waals surface area contributed by atoms with Crippen LogP contribution in [0.3, 0.4) is 0 Å². The molecule has 2 rings (SSSR count). The van der Waals surface area contributed by atoms with E-state index in [2.05, 4.69) is 5.32 Å². The van der Waals surface area contributed by atoms with Gasteiger partial charge in [-0.25, -0.2) is 8.78 Å². The molecule has 0 unspecified atom stereocenters. The molecule has 1 aromatic carbocycles. The van der Waals surface area contributed by atoms with Crippen molar-refractivity contribution in [3.05, 3.63) is 29.8 Å². The highest BCUT2D eigenvalue weighted by molar-refractivity contribution is 5.94. The van der Waals surface area contributed by atoms with Crippen LogP contribution in [0.15, 0.2) is 18.2 Å². The molecule has 0 spiro atoms. The summed E-state index contributed by atoms with van der Waals surface area (Å²) in [7, 11) is 0. The zero-order chi connectivity index (χ0) is 15.6. The van der Waals surface area contributed by atoms with Gasteiger partial charge in [-0.15, -0.1) is 0 Å². The van der Waals surface area contributed by atoms with Gasteiger partial charge in [-0.3, -0.25) is 9.69 Å². The van der Waals surface area contributed by atoms with Crippen LogP contribution in [-0.4, -0.2) is 42.1 Å². The summed E-state index contributed by atoms with van der Waals surface area (Å²) in [6.45, 7) is 6.96. The van der Waals surface area contributed by atoms with Crippen LogP contribution in [0.1, 0.15) is 20.8 Å². The number of nitrogens with one attached hydrogen (secondary N) is 1. The molecule has 0 bridgehead atoms. The molecule has 1 N–H and O–H groups in total. The number of benzene rings is 1. The van der Waals surface area contributed by atoms with Gasteiger partial charge < -0.3 is 10.1 Å². The highest BCUT2D eigenvalue weighted by Crippen LogP contribution is 2.18. The van der Waals surface area contributed by atoms with E-state index in [1.54, 1.807) is 6.92 Å². The summed E-state index contributed by atoms with van der Waals surface area (Å²) in [6.07, 6.45) is 0.0955. The van der Waals surface area contributed by atoms with Crippen molar-refractivity contribution in [1.29, 1.82) is 0 Å². The lowest BCUT2D eigenvalue weighted by molar-refractivity contribution is -0.126. The van der Waals surface area contributed by atoms with E-state index >= 15 is 0 Å². The minimum atomic E-state index is -0.778. The molecule has 1 fully saturated rings. The normalized spacial score (nSPS) is 24.6. The van der Waals surface area contributed by atoms with Gasteiger partial charge in [-0.05, 0) is 32.9 Å². The Labute approximate surface area is 123 Å². The highest BCUT2D eigenvalue weighted by Gasteiger charge is 2.29. The lowest BCUT2D eigenvalue weighted by Crippen LogP contribution is -2.52. The molecule has 116 valence electrons. The van der Waals surface area contributed by atoms with Crippen molar-refractivity contribution in [3.8, 4) is 0 Å². The van der Waals surface area contributed by atoms with E-state index in [4.69, 9.17) is 4.74 Å². The summed E-state index contributed by atoms with van der Waals surface area (Å²) in [4.78, 5) is 14.2. The van der Waals surface area contributed by atoms with Crippen LogP contribution in [0.25, 0.3) is 0 Å². The second kappa shape index (κ2) is 6.49. The Hall–Kier alpha value is -1.53. The number of hydrogen-bond donors (Lipinski definition) is 1. The van der Waals surface area contributed by atoms with E-state index in [0.717, 1.165) is 12.1 Å². The van der Waals surface area contributed by atoms with Gasteiger partial charge in [0.05, 0.1) is 23.9 Å². The van der Waals surface area contributed by atoms with Crippen molar-refractivity contribution >= 4 is 11.6 Å². The van der Waals surface area contributed by atoms with E-state index in [1.807, 2.05) is 18.7 Å². The predicted octanol–water partition coefficient (Wildman–Crippen LogP) is 2.40. The molecule has 1 aromatic rings. The first kappa shape index (κ1) is 15.9. The Morgan fingerprint density at radius 1 is 1.33 bits per heavy atom. The van der Waals surface area contributed by atoms with Crippen LogP contribution in [0.4, 0.5) is 14.5 Å². The number of halogens is 2. The summed E-state index contributed by atoms with van der Waals surface area (Å²) >= 11 is 0. The lowest BCUT2D eigenvalue weighted by atomic mass is 10.1. The van der Waals surface area contributed by atoms with Gasteiger partial charge in [0.25, 0.3) is 0 Å². The van der Waals surface area contributed by atoms with Crippen LogP contribution in [0, 0.1) is 11.6 Å². The number of carbonyl (C=O) groups is 1. The quantitative estimate of drug-likeness (QED) is 0.931. The van der Waals surface area contributed by atoms with E-state index < -0.39 is 17.7 Å². The molecule has 0 aromatic heterocycles. The molecule has 6 heteroatoms. The molecular weight excluding hydrogens is 278 g/mol. The molecule has 1 aliphatic heterocycles. The zero-order valence-electron chi connectivity index (χ0n) is 12.4. The van der Waals surface area contributed by atoms with Gasteiger partial charge in [-0.2, -0.15) is 0 Å². The molecule has 1 saturated heterocycles. The van der Waals surface area contributed by atoms with Crippen molar-refractivity contribution < 1.29 is 18.3 Å². The number of rotatable bonds is 3. The highest BCUT2D eigenvalue weighted by atomic mass is 19.1. The minimum Gasteiger partial charge on any atom is -0.373 e. The van der Waals surface area contributed by atoms with E-state index in [9.17, 15) is 13.6 Å². The van der Waals surface area contributed by atoms with Crippen molar-refractivity contribution in [3.63, 3.8) is 0 Å². The molecule has 4 nitrogen and oxygen atoms in total. The van der Waals surface area contributed by atoms with Crippen LogP contribution in [0.2, 0.25) is 0 Å². The van der Waals surface area contributed by atoms with Gasteiger partial charge in [-0.1, -0.05) is 0 Å². The average Bonchev–Trinajstić information content (AvgIpc) is 2.40. The van der Waals surface area contributed by atoms with Crippen molar-refractivity contribution in [2.24, 2.45) is 0 Å². The van der Waals surface area contributed by atoms with Gasteiger partial charge in [0, 0.05) is 19.2 Å². The minimum absolute atomic E-state index is 0.0115. The molecular formula is C15H20F2N2O2. The summed E-state index contributed by atoms with van der Waals surface area (Å²) < 4.78 is 32.0. The van der Waals surface area contributed by atoms with Crippen LogP contribution >= 0.6 is 0 Å². The standard InChI is InChI=1S/C15H20F2N2O2/c1-9-7-19(8-10(2)21-9)11(3)15(20)18-14-5-4-12(16)6-13(14)17/h4-6,9-11H,7-8H2,1-3H3,(H,18,20)/t9-,10-,11-/m0/s1. The molecule has 1 aliphatic rings. The Kier molecular flexibility index (Phi) is 4.90. The third kappa shape index (κ3) is 3.98. The summed E-state index contributed by atoms with van der Waals surface area (Å²) in [5.74, 6) is -1.77. The van der Waals surface area contributed by atoms with E-state index in [1.165, 1.54) is 6.07 Å². The largest absolute Gasteiger partial charge is 0.373 e. The fraction of sp³-hybridized carbons (Fsp3) is 0.533. The molecule has 21 heavy (non-hydrogen) atoms. The van der Waals surface area contributed by atoms with E-state index in [-0.39, 0.29) is 23.8 Å². The maximum atomic E-state index is 13.6. The van der Waals surface area contributed by atoms with Gasteiger partial charge in [0.1, 0.15) is 11.6 Å². The molecule has 0 aliphatic carbocycles. The smallest absolute Gasteiger partial charge is 0.241 e. The number of amides is 1. The number of ether oxygens (including phenoxy) is 1. The average molecular weight is 298 g/mol. The van der Waals surface area contributed by atoms with Gasteiger partial charge in [0.15, 0.2) is 0 Å². The fourth-order valence-corrected chi connectivity index (χ4v) is 2.53. The van der Waals surface area contributed by atoms with Gasteiger partial charge in [0.2, 0.25) is 5.91 Å². The van der Waals surface area contributed by atoms with Crippen molar-refractivity contribution in [1.82, 2.24) is 4.90 Å². The lowest BCUT2D eigenvalue weighted by Gasteiger charge is -2.38. The number of morpholine rings is 1. The number of carbonyl (C=O) groups excluding carboxylic acids is 1. The molecule has 1 heterocycles.